The Labute approximate surface area is 166 Å². The molecule has 1 aromatic carbocycles. The third-order valence-electron chi connectivity index (χ3n) is 4.82. The standard InChI is InChI=1S/C19H19N7O3/c27-19(21-15-5-1-6-16(12-15)26(28)29)14-4-2-10-24(13-14)17-7-8-18(23-22-17)25-11-3-9-20-25/h1,3,5-9,11-12,14H,2,4,10,13H2,(H,21,27)/t14-/m1/s1. The quantitative estimate of drug-likeness (QED) is 0.522. The molecule has 10 heteroatoms. The molecule has 0 bridgehead atoms. The number of piperidine rings is 1. The second-order valence-electron chi connectivity index (χ2n) is 6.78. The predicted molar refractivity (Wildman–Crippen MR) is 106 cm³/mol. The number of nitro benzene ring substituents is 1. The maximum absolute atomic E-state index is 12.7. The first-order valence-electron chi connectivity index (χ1n) is 9.24. The molecule has 4 rings (SSSR count). The first kappa shape index (κ1) is 18.5. The minimum absolute atomic E-state index is 0.0550. The molecule has 3 aromatic rings. The molecule has 1 amide bonds. The van der Waals surface area contributed by atoms with E-state index in [-0.39, 0.29) is 17.5 Å². The van der Waals surface area contributed by atoms with Gasteiger partial charge in [-0.3, -0.25) is 14.9 Å². The molecule has 0 unspecified atom stereocenters. The van der Waals surface area contributed by atoms with E-state index in [1.54, 1.807) is 29.2 Å². The van der Waals surface area contributed by atoms with Crippen LogP contribution in [0.3, 0.4) is 0 Å². The molecular weight excluding hydrogens is 374 g/mol. The average molecular weight is 393 g/mol. The van der Waals surface area contributed by atoms with Gasteiger partial charge >= 0.3 is 0 Å². The Balaban J connectivity index is 1.42. The first-order chi connectivity index (χ1) is 14.1. The number of non-ortho nitro benzene ring substituents is 1. The lowest BCUT2D eigenvalue weighted by Crippen LogP contribution is -2.41. The van der Waals surface area contributed by atoms with Crippen molar-refractivity contribution in [2.75, 3.05) is 23.3 Å². The van der Waals surface area contributed by atoms with Gasteiger partial charge in [0.05, 0.1) is 10.8 Å². The van der Waals surface area contributed by atoms with Crippen LogP contribution in [0.2, 0.25) is 0 Å². The number of hydrogen-bond acceptors (Lipinski definition) is 7. The molecule has 1 aliphatic rings. The Bertz CT molecular complexity index is 1000. The number of aromatic nitrogens is 4. The number of nitro groups is 1. The Kier molecular flexibility index (Phi) is 5.14. The highest BCUT2D eigenvalue weighted by molar-refractivity contribution is 5.93. The van der Waals surface area contributed by atoms with Crippen molar-refractivity contribution in [3.05, 3.63) is 65.0 Å². The zero-order valence-electron chi connectivity index (χ0n) is 15.5. The molecule has 1 atom stereocenters. The Morgan fingerprint density at radius 1 is 1.17 bits per heavy atom. The summed E-state index contributed by atoms with van der Waals surface area (Å²) in [6, 6.07) is 11.5. The number of hydrogen-bond donors (Lipinski definition) is 1. The van der Waals surface area contributed by atoms with Gasteiger partial charge in [-0.2, -0.15) is 5.10 Å². The van der Waals surface area contributed by atoms with E-state index in [9.17, 15) is 14.9 Å². The fraction of sp³-hybridized carbons (Fsp3) is 0.263. The van der Waals surface area contributed by atoms with Crippen molar-refractivity contribution in [1.29, 1.82) is 0 Å². The molecule has 0 radical (unpaired) electrons. The smallest absolute Gasteiger partial charge is 0.271 e. The maximum Gasteiger partial charge on any atom is 0.271 e. The molecule has 29 heavy (non-hydrogen) atoms. The Morgan fingerprint density at radius 3 is 2.72 bits per heavy atom. The van der Waals surface area contributed by atoms with Gasteiger partial charge in [-0.25, -0.2) is 4.68 Å². The lowest BCUT2D eigenvalue weighted by molar-refractivity contribution is -0.384. The van der Waals surface area contributed by atoms with Crippen molar-refractivity contribution in [3.63, 3.8) is 0 Å². The molecule has 1 N–H and O–H groups in total. The van der Waals surface area contributed by atoms with E-state index in [1.807, 2.05) is 23.1 Å². The van der Waals surface area contributed by atoms with Gasteiger partial charge in [0.2, 0.25) is 5.91 Å². The number of benzene rings is 1. The molecule has 1 saturated heterocycles. The number of rotatable bonds is 5. The number of nitrogens with zero attached hydrogens (tertiary/aromatic N) is 6. The summed E-state index contributed by atoms with van der Waals surface area (Å²) in [6.45, 7) is 1.30. The second-order valence-corrected chi connectivity index (χ2v) is 6.78. The number of anilines is 2. The summed E-state index contributed by atoms with van der Waals surface area (Å²) in [5, 5.41) is 26.3. The molecule has 1 fully saturated rings. The maximum atomic E-state index is 12.7. The molecule has 0 spiro atoms. The highest BCUT2D eigenvalue weighted by atomic mass is 16.6. The molecule has 0 aliphatic carbocycles. The van der Waals surface area contributed by atoms with Crippen LogP contribution in [-0.4, -0.2) is 43.9 Å². The molecular formula is C19H19N7O3. The first-order valence-corrected chi connectivity index (χ1v) is 9.24. The van der Waals surface area contributed by atoms with Crippen molar-refractivity contribution >= 4 is 23.1 Å². The van der Waals surface area contributed by atoms with Crippen LogP contribution >= 0.6 is 0 Å². The highest BCUT2D eigenvalue weighted by Crippen LogP contribution is 2.24. The molecule has 0 saturated carbocycles. The minimum Gasteiger partial charge on any atom is -0.354 e. The van der Waals surface area contributed by atoms with Crippen LogP contribution in [0.25, 0.3) is 5.82 Å². The fourth-order valence-corrected chi connectivity index (χ4v) is 3.35. The van der Waals surface area contributed by atoms with Gasteiger partial charge in [-0.1, -0.05) is 6.07 Å². The van der Waals surface area contributed by atoms with Crippen molar-refractivity contribution < 1.29 is 9.72 Å². The SMILES string of the molecule is O=C(Nc1cccc([N+](=O)[O-])c1)[C@@H]1CCCN(c2ccc(-n3cccn3)nn2)C1. The topological polar surface area (TPSA) is 119 Å². The number of carbonyl (C=O) groups is 1. The number of nitrogens with one attached hydrogen (secondary N) is 1. The molecule has 1 aliphatic heterocycles. The lowest BCUT2D eigenvalue weighted by atomic mass is 9.97. The summed E-state index contributed by atoms with van der Waals surface area (Å²) in [5.74, 6) is 0.927. The van der Waals surface area contributed by atoms with Gasteiger partial charge in [0, 0.05) is 43.3 Å². The summed E-state index contributed by atoms with van der Waals surface area (Å²) in [4.78, 5) is 25.1. The molecule has 148 valence electrons. The largest absolute Gasteiger partial charge is 0.354 e. The lowest BCUT2D eigenvalue weighted by Gasteiger charge is -2.32. The van der Waals surface area contributed by atoms with Crippen LogP contribution in [0.4, 0.5) is 17.2 Å². The predicted octanol–water partition coefficient (Wildman–Crippen LogP) is 2.43. The third kappa shape index (κ3) is 4.21. The minimum atomic E-state index is -0.483. The van der Waals surface area contributed by atoms with E-state index in [2.05, 4.69) is 20.6 Å². The zero-order valence-corrected chi connectivity index (χ0v) is 15.5. The van der Waals surface area contributed by atoms with E-state index in [0.717, 1.165) is 19.4 Å². The van der Waals surface area contributed by atoms with Gasteiger partial charge in [0.15, 0.2) is 11.6 Å². The van der Waals surface area contributed by atoms with Crippen molar-refractivity contribution in [2.45, 2.75) is 12.8 Å². The van der Waals surface area contributed by atoms with Gasteiger partial charge in [-0.05, 0) is 37.1 Å². The number of amides is 1. The van der Waals surface area contributed by atoms with Crippen LogP contribution in [0.1, 0.15) is 12.8 Å². The summed E-state index contributed by atoms with van der Waals surface area (Å²) >= 11 is 0. The number of carbonyl (C=O) groups excluding carboxylic acids is 1. The van der Waals surface area contributed by atoms with E-state index in [1.165, 1.54) is 12.1 Å². The fourth-order valence-electron chi connectivity index (χ4n) is 3.35. The average Bonchev–Trinajstić information content (AvgIpc) is 3.29. The van der Waals surface area contributed by atoms with Crippen LogP contribution in [-0.2, 0) is 4.79 Å². The summed E-state index contributed by atoms with van der Waals surface area (Å²) < 4.78 is 1.63. The zero-order chi connectivity index (χ0) is 20.2. The van der Waals surface area contributed by atoms with Crippen molar-refractivity contribution in [3.8, 4) is 5.82 Å². The van der Waals surface area contributed by atoms with Crippen molar-refractivity contribution in [2.24, 2.45) is 5.92 Å². The van der Waals surface area contributed by atoms with Crippen LogP contribution in [0.15, 0.2) is 54.9 Å². The Morgan fingerprint density at radius 2 is 2.00 bits per heavy atom. The third-order valence-corrected chi connectivity index (χ3v) is 4.82. The molecule has 3 heterocycles. The van der Waals surface area contributed by atoms with Crippen molar-refractivity contribution in [1.82, 2.24) is 20.0 Å². The highest BCUT2D eigenvalue weighted by Gasteiger charge is 2.27. The Hall–Kier alpha value is -3.82. The monoisotopic (exact) mass is 393 g/mol. The van der Waals surface area contributed by atoms with E-state index >= 15 is 0 Å². The van der Waals surface area contributed by atoms with Crippen LogP contribution in [0.5, 0.6) is 0 Å². The van der Waals surface area contributed by atoms with E-state index in [0.29, 0.717) is 23.9 Å². The normalized spacial score (nSPS) is 16.4. The summed E-state index contributed by atoms with van der Waals surface area (Å²) in [7, 11) is 0. The van der Waals surface area contributed by atoms with Crippen LogP contribution in [0, 0.1) is 16.0 Å². The van der Waals surface area contributed by atoms with Gasteiger partial charge in [0.25, 0.3) is 5.69 Å². The van der Waals surface area contributed by atoms with Crippen LogP contribution < -0.4 is 10.2 Å². The van der Waals surface area contributed by atoms with Gasteiger partial charge < -0.3 is 10.2 Å². The van der Waals surface area contributed by atoms with Gasteiger partial charge in [-0.15, -0.1) is 10.2 Å². The molecule has 2 aromatic heterocycles. The second kappa shape index (κ2) is 8.05. The van der Waals surface area contributed by atoms with E-state index < -0.39 is 4.92 Å². The van der Waals surface area contributed by atoms with Gasteiger partial charge in [0.1, 0.15) is 0 Å². The summed E-state index contributed by atoms with van der Waals surface area (Å²) in [5.41, 5.74) is 0.366. The molecule has 10 nitrogen and oxygen atoms in total. The summed E-state index contributed by atoms with van der Waals surface area (Å²) in [6.07, 6.45) is 5.05. The van der Waals surface area contributed by atoms with E-state index in [4.69, 9.17) is 0 Å².